The fraction of sp³-hybridized carbons (Fsp3) is 0. The zero-order valence-electron chi connectivity index (χ0n) is 15.5. The minimum absolute atomic E-state index is 0.265. The lowest BCUT2D eigenvalue weighted by Gasteiger charge is -2.02. The van der Waals surface area contributed by atoms with Crippen LogP contribution < -0.4 is 0 Å². The fourth-order valence-electron chi connectivity index (χ4n) is 3.65. The summed E-state index contributed by atoms with van der Waals surface area (Å²) in [7, 11) is 0. The van der Waals surface area contributed by atoms with E-state index in [4.69, 9.17) is 4.98 Å². The van der Waals surface area contributed by atoms with Crippen molar-refractivity contribution in [1.29, 1.82) is 0 Å². The van der Waals surface area contributed by atoms with Gasteiger partial charge in [-0.25, -0.2) is 9.37 Å². The first-order valence-corrected chi connectivity index (χ1v) is 9.34. The van der Waals surface area contributed by atoms with Crippen LogP contribution >= 0.6 is 0 Å². The van der Waals surface area contributed by atoms with E-state index in [1.807, 2.05) is 24.3 Å². The van der Waals surface area contributed by atoms with Crippen molar-refractivity contribution in [3.05, 3.63) is 72.9 Å². The summed E-state index contributed by atoms with van der Waals surface area (Å²) in [6.07, 6.45) is 5.27. The predicted octanol–water partition coefficient (Wildman–Crippen LogP) is 4.70. The highest BCUT2D eigenvalue weighted by atomic mass is 19.1. The van der Waals surface area contributed by atoms with E-state index < -0.39 is 0 Å². The van der Waals surface area contributed by atoms with Gasteiger partial charge in [-0.2, -0.15) is 10.2 Å². The van der Waals surface area contributed by atoms with Crippen LogP contribution in [0.3, 0.4) is 0 Å². The zero-order chi connectivity index (χ0) is 20.1. The van der Waals surface area contributed by atoms with Gasteiger partial charge in [0.15, 0.2) is 5.82 Å². The quantitative estimate of drug-likeness (QED) is 0.404. The van der Waals surface area contributed by atoms with Crippen LogP contribution in [0.2, 0.25) is 0 Å². The number of aromatic amines is 3. The second-order valence-corrected chi connectivity index (χ2v) is 6.97. The van der Waals surface area contributed by atoms with Crippen molar-refractivity contribution in [2.24, 2.45) is 0 Å². The monoisotopic (exact) mass is 395 g/mol. The van der Waals surface area contributed by atoms with Crippen molar-refractivity contribution < 1.29 is 4.39 Å². The molecule has 3 N–H and O–H groups in total. The third-order valence-electron chi connectivity index (χ3n) is 5.13. The van der Waals surface area contributed by atoms with Crippen molar-refractivity contribution in [3.8, 4) is 33.9 Å². The molecule has 0 spiro atoms. The van der Waals surface area contributed by atoms with Crippen LogP contribution in [0.15, 0.2) is 67.1 Å². The maximum Gasteiger partial charge on any atom is 0.159 e. The molecule has 6 aromatic rings. The summed E-state index contributed by atoms with van der Waals surface area (Å²) in [6, 6.07) is 14.3. The number of para-hydroxylation sites is 1. The SMILES string of the molecule is Fc1ccc(-c2cccc3[nH]c(-c4n[nH]c5cnc(-c6cn[nH]c6)cc45)nc23)cc1. The number of imidazole rings is 1. The lowest BCUT2D eigenvalue weighted by atomic mass is 10.0. The maximum absolute atomic E-state index is 13.3. The number of benzene rings is 2. The van der Waals surface area contributed by atoms with Gasteiger partial charge in [0.2, 0.25) is 0 Å². The Morgan fingerprint density at radius 2 is 1.80 bits per heavy atom. The molecule has 0 aliphatic rings. The van der Waals surface area contributed by atoms with Crippen LogP contribution in [0.5, 0.6) is 0 Å². The molecule has 0 radical (unpaired) electrons. The van der Waals surface area contributed by atoms with Gasteiger partial charge in [0.1, 0.15) is 11.5 Å². The van der Waals surface area contributed by atoms with Gasteiger partial charge in [-0.1, -0.05) is 24.3 Å². The molecule has 4 heterocycles. The highest BCUT2D eigenvalue weighted by Crippen LogP contribution is 2.32. The molecule has 0 fully saturated rings. The Bertz CT molecular complexity index is 1490. The Balaban J connectivity index is 1.52. The number of fused-ring (bicyclic) bond motifs is 2. The molecule has 8 heteroatoms. The van der Waals surface area contributed by atoms with E-state index in [1.165, 1.54) is 12.1 Å². The van der Waals surface area contributed by atoms with Gasteiger partial charge in [-0.3, -0.25) is 15.2 Å². The molecule has 0 aliphatic carbocycles. The molecule has 2 aromatic carbocycles. The molecule has 7 nitrogen and oxygen atoms in total. The molecular formula is C22H14FN7. The summed E-state index contributed by atoms with van der Waals surface area (Å²) in [5.74, 6) is 0.383. The number of hydrogen-bond acceptors (Lipinski definition) is 4. The molecule has 0 amide bonds. The number of pyridine rings is 1. The third-order valence-corrected chi connectivity index (χ3v) is 5.13. The number of nitrogens with zero attached hydrogens (tertiary/aromatic N) is 4. The van der Waals surface area contributed by atoms with E-state index in [1.54, 1.807) is 30.7 Å². The zero-order valence-corrected chi connectivity index (χ0v) is 15.5. The molecule has 0 unspecified atom stereocenters. The van der Waals surface area contributed by atoms with Crippen LogP contribution in [0.4, 0.5) is 4.39 Å². The van der Waals surface area contributed by atoms with Crippen molar-refractivity contribution in [2.45, 2.75) is 0 Å². The molecule has 4 aromatic heterocycles. The number of aromatic nitrogens is 7. The van der Waals surface area contributed by atoms with Gasteiger partial charge < -0.3 is 4.98 Å². The Morgan fingerprint density at radius 3 is 2.63 bits per heavy atom. The number of H-pyrrole nitrogens is 3. The minimum Gasteiger partial charge on any atom is -0.337 e. The topological polar surface area (TPSA) is 98.9 Å². The molecule has 0 aliphatic heterocycles. The van der Waals surface area contributed by atoms with Crippen LogP contribution in [0.1, 0.15) is 0 Å². The summed E-state index contributed by atoms with van der Waals surface area (Å²) in [5, 5.41) is 15.2. The van der Waals surface area contributed by atoms with Gasteiger partial charge in [0.25, 0.3) is 0 Å². The van der Waals surface area contributed by atoms with Gasteiger partial charge in [-0.15, -0.1) is 0 Å². The standard InChI is InChI=1S/C22H14FN7/c23-14-6-4-12(5-7-14)15-2-1-3-17-20(15)28-22(27-17)21-16-8-18(13-9-25-26-10-13)24-11-19(16)29-30-21/h1-11H,(H,25,26)(H,27,28)(H,29,30). The molecule has 0 atom stereocenters. The minimum atomic E-state index is -0.265. The first kappa shape index (κ1) is 16.6. The van der Waals surface area contributed by atoms with Crippen molar-refractivity contribution in [1.82, 2.24) is 35.3 Å². The van der Waals surface area contributed by atoms with Gasteiger partial charge in [0, 0.05) is 22.7 Å². The lowest BCUT2D eigenvalue weighted by Crippen LogP contribution is -1.84. The Labute approximate surface area is 169 Å². The summed E-state index contributed by atoms with van der Waals surface area (Å²) >= 11 is 0. The molecule has 0 saturated carbocycles. The van der Waals surface area contributed by atoms with Crippen molar-refractivity contribution in [3.63, 3.8) is 0 Å². The third kappa shape index (κ3) is 2.58. The van der Waals surface area contributed by atoms with Crippen LogP contribution in [-0.4, -0.2) is 35.3 Å². The summed E-state index contributed by atoms with van der Waals surface area (Å²) in [4.78, 5) is 12.7. The molecule has 0 bridgehead atoms. The molecular weight excluding hydrogens is 381 g/mol. The van der Waals surface area contributed by atoms with Crippen molar-refractivity contribution in [2.75, 3.05) is 0 Å². The van der Waals surface area contributed by atoms with Crippen LogP contribution in [0.25, 0.3) is 55.8 Å². The predicted molar refractivity (Wildman–Crippen MR) is 112 cm³/mol. The fourth-order valence-corrected chi connectivity index (χ4v) is 3.65. The smallest absolute Gasteiger partial charge is 0.159 e. The normalized spacial score (nSPS) is 11.5. The first-order chi connectivity index (χ1) is 14.8. The number of hydrogen-bond donors (Lipinski definition) is 3. The van der Waals surface area contributed by atoms with Gasteiger partial charge in [-0.05, 0) is 29.8 Å². The number of nitrogens with one attached hydrogen (secondary N) is 3. The summed E-state index contributed by atoms with van der Waals surface area (Å²) in [5.41, 5.74) is 6.73. The molecule has 6 rings (SSSR count). The molecule has 144 valence electrons. The van der Waals surface area contributed by atoms with Gasteiger partial charge >= 0.3 is 0 Å². The van der Waals surface area contributed by atoms with E-state index in [0.29, 0.717) is 11.5 Å². The van der Waals surface area contributed by atoms with Crippen LogP contribution in [0, 0.1) is 5.82 Å². The average molecular weight is 395 g/mol. The highest BCUT2D eigenvalue weighted by molar-refractivity contribution is 5.97. The largest absolute Gasteiger partial charge is 0.337 e. The van der Waals surface area contributed by atoms with Crippen molar-refractivity contribution >= 4 is 21.9 Å². The highest BCUT2D eigenvalue weighted by Gasteiger charge is 2.16. The Morgan fingerprint density at radius 1 is 0.900 bits per heavy atom. The second-order valence-electron chi connectivity index (χ2n) is 6.97. The van der Waals surface area contributed by atoms with E-state index in [2.05, 4.69) is 30.4 Å². The Hall–Kier alpha value is -4.33. The number of halogens is 1. The first-order valence-electron chi connectivity index (χ1n) is 9.34. The van der Waals surface area contributed by atoms with Crippen LogP contribution in [-0.2, 0) is 0 Å². The van der Waals surface area contributed by atoms with Gasteiger partial charge in [0.05, 0.1) is 34.6 Å². The summed E-state index contributed by atoms with van der Waals surface area (Å²) < 4.78 is 13.3. The number of rotatable bonds is 3. The van der Waals surface area contributed by atoms with E-state index in [0.717, 1.165) is 44.3 Å². The van der Waals surface area contributed by atoms with E-state index in [-0.39, 0.29) is 5.82 Å². The van der Waals surface area contributed by atoms with E-state index in [9.17, 15) is 4.39 Å². The molecule has 0 saturated heterocycles. The lowest BCUT2D eigenvalue weighted by molar-refractivity contribution is 0.628. The molecule has 30 heavy (non-hydrogen) atoms. The van der Waals surface area contributed by atoms with E-state index >= 15 is 0 Å². The Kier molecular flexibility index (Phi) is 3.51. The summed E-state index contributed by atoms with van der Waals surface area (Å²) in [6.45, 7) is 0. The second kappa shape index (κ2) is 6.35. The average Bonchev–Trinajstić information content (AvgIpc) is 3.52. The maximum atomic E-state index is 13.3.